The molecule has 1 aromatic carbocycles. The molecule has 3 rings (SSSR count). The highest BCUT2D eigenvalue weighted by atomic mass is 16.4. The van der Waals surface area contributed by atoms with Crippen molar-refractivity contribution in [3.05, 3.63) is 47.8 Å². The summed E-state index contributed by atoms with van der Waals surface area (Å²) in [5.41, 5.74) is 1.95. The summed E-state index contributed by atoms with van der Waals surface area (Å²) < 4.78 is 1.86. The smallest absolute Gasteiger partial charge is 0.313 e. The third kappa shape index (κ3) is 3.52. The SMILES string of the molecule is CCC[C@@]1(C(=O)O)CN(Cc2cn(-c3ccccc3)nc2C)CC[C@H]1O. The Morgan fingerprint density at radius 2 is 2.08 bits per heavy atom. The molecule has 1 fully saturated rings. The van der Waals surface area contributed by atoms with Gasteiger partial charge in [-0.1, -0.05) is 31.5 Å². The van der Waals surface area contributed by atoms with Crippen LogP contribution in [0, 0.1) is 12.3 Å². The highest BCUT2D eigenvalue weighted by Crippen LogP contribution is 2.36. The Kier molecular flexibility index (Phi) is 5.44. The van der Waals surface area contributed by atoms with Gasteiger partial charge in [-0.05, 0) is 31.9 Å². The number of aliphatic hydroxyl groups is 1. The zero-order chi connectivity index (χ0) is 18.7. The Hall–Kier alpha value is -2.18. The topological polar surface area (TPSA) is 78.6 Å². The lowest BCUT2D eigenvalue weighted by Gasteiger charge is -2.43. The fourth-order valence-corrected chi connectivity index (χ4v) is 3.91. The quantitative estimate of drug-likeness (QED) is 0.831. The molecule has 2 N–H and O–H groups in total. The van der Waals surface area contributed by atoms with Crippen molar-refractivity contribution in [3.63, 3.8) is 0 Å². The van der Waals surface area contributed by atoms with Gasteiger partial charge in [0.1, 0.15) is 5.41 Å². The Balaban J connectivity index is 1.79. The van der Waals surface area contributed by atoms with Gasteiger partial charge in [-0.3, -0.25) is 9.69 Å². The van der Waals surface area contributed by atoms with E-state index in [1.54, 1.807) is 0 Å². The number of hydrogen-bond donors (Lipinski definition) is 2. The molecule has 0 amide bonds. The van der Waals surface area contributed by atoms with Gasteiger partial charge in [0.05, 0.1) is 17.5 Å². The predicted octanol–water partition coefficient (Wildman–Crippen LogP) is 2.62. The number of rotatable bonds is 6. The first-order chi connectivity index (χ1) is 12.5. The minimum absolute atomic E-state index is 0.368. The van der Waals surface area contributed by atoms with Crippen LogP contribution in [0.25, 0.3) is 5.69 Å². The second-order valence-corrected chi connectivity index (χ2v) is 7.25. The van der Waals surface area contributed by atoms with E-state index in [9.17, 15) is 15.0 Å². The second-order valence-electron chi connectivity index (χ2n) is 7.25. The highest BCUT2D eigenvalue weighted by Gasteiger charge is 2.48. The molecule has 2 heterocycles. The summed E-state index contributed by atoms with van der Waals surface area (Å²) in [5, 5.41) is 24.8. The van der Waals surface area contributed by atoms with E-state index in [1.807, 2.05) is 55.1 Å². The Morgan fingerprint density at radius 3 is 2.73 bits per heavy atom. The minimum atomic E-state index is -1.07. The number of aliphatic hydroxyl groups excluding tert-OH is 1. The number of aromatic nitrogens is 2. The summed E-state index contributed by atoms with van der Waals surface area (Å²) in [7, 11) is 0. The maximum atomic E-state index is 11.9. The Bertz CT molecular complexity index is 759. The lowest BCUT2D eigenvalue weighted by Crippen LogP contribution is -2.55. The Morgan fingerprint density at radius 1 is 1.35 bits per heavy atom. The van der Waals surface area contributed by atoms with E-state index in [2.05, 4.69) is 10.00 Å². The van der Waals surface area contributed by atoms with Crippen LogP contribution >= 0.6 is 0 Å². The molecule has 0 spiro atoms. The number of carboxylic acid groups (broad SMARTS) is 1. The third-order valence-electron chi connectivity index (χ3n) is 5.40. The van der Waals surface area contributed by atoms with Crippen LogP contribution in [0.1, 0.15) is 37.4 Å². The standard InChI is InChI=1S/C20H27N3O3/c1-3-10-20(19(25)26)14-22(11-9-18(20)24)12-16-13-23(21-15(16)2)17-7-5-4-6-8-17/h4-8,13,18,24H,3,9-12,14H2,1-2H3,(H,25,26)/t18-,20-/m1/s1. The normalized spacial score (nSPS) is 23.9. The van der Waals surface area contributed by atoms with Gasteiger partial charge in [-0.2, -0.15) is 5.10 Å². The number of benzene rings is 1. The average Bonchev–Trinajstić information content (AvgIpc) is 2.99. The van der Waals surface area contributed by atoms with Gasteiger partial charge in [-0.25, -0.2) is 4.68 Å². The molecule has 2 aromatic rings. The summed E-state index contributed by atoms with van der Waals surface area (Å²) in [5.74, 6) is -0.895. The maximum Gasteiger partial charge on any atom is 0.313 e. The number of aliphatic carboxylic acids is 1. The van der Waals surface area contributed by atoms with Crippen LogP contribution in [0.15, 0.2) is 36.5 Å². The van der Waals surface area contributed by atoms with E-state index in [0.717, 1.165) is 23.4 Å². The zero-order valence-corrected chi connectivity index (χ0v) is 15.4. The van der Waals surface area contributed by atoms with Gasteiger partial charge in [0.2, 0.25) is 0 Å². The molecule has 0 unspecified atom stereocenters. The molecule has 6 nitrogen and oxygen atoms in total. The molecule has 1 aliphatic rings. The Labute approximate surface area is 154 Å². The monoisotopic (exact) mass is 357 g/mol. The van der Waals surface area contributed by atoms with E-state index in [-0.39, 0.29) is 0 Å². The van der Waals surface area contributed by atoms with Crippen molar-refractivity contribution in [2.45, 2.75) is 45.8 Å². The molecule has 1 aliphatic heterocycles. The van der Waals surface area contributed by atoms with Crippen molar-refractivity contribution in [2.75, 3.05) is 13.1 Å². The first kappa shape index (κ1) is 18.6. The molecule has 26 heavy (non-hydrogen) atoms. The molecular weight excluding hydrogens is 330 g/mol. The van der Waals surface area contributed by atoms with Crippen molar-refractivity contribution >= 4 is 5.97 Å². The van der Waals surface area contributed by atoms with Gasteiger partial charge >= 0.3 is 5.97 Å². The summed E-state index contributed by atoms with van der Waals surface area (Å²) >= 11 is 0. The molecule has 0 radical (unpaired) electrons. The van der Waals surface area contributed by atoms with Gasteiger partial charge in [0.25, 0.3) is 0 Å². The number of hydrogen-bond acceptors (Lipinski definition) is 4. The number of para-hydroxylation sites is 1. The van der Waals surface area contributed by atoms with Gasteiger partial charge in [-0.15, -0.1) is 0 Å². The van der Waals surface area contributed by atoms with E-state index >= 15 is 0 Å². The zero-order valence-electron chi connectivity index (χ0n) is 15.4. The number of likely N-dealkylation sites (tertiary alicyclic amines) is 1. The van der Waals surface area contributed by atoms with Crippen LogP contribution in [-0.4, -0.2) is 50.1 Å². The fourth-order valence-electron chi connectivity index (χ4n) is 3.91. The molecule has 140 valence electrons. The van der Waals surface area contributed by atoms with Crippen molar-refractivity contribution in [3.8, 4) is 5.69 Å². The number of nitrogens with zero attached hydrogens (tertiary/aromatic N) is 3. The van der Waals surface area contributed by atoms with Crippen molar-refractivity contribution in [2.24, 2.45) is 5.41 Å². The van der Waals surface area contributed by atoms with Crippen LogP contribution in [0.5, 0.6) is 0 Å². The lowest BCUT2D eigenvalue weighted by molar-refractivity contribution is -0.164. The van der Waals surface area contributed by atoms with Crippen LogP contribution < -0.4 is 0 Å². The van der Waals surface area contributed by atoms with Crippen molar-refractivity contribution < 1.29 is 15.0 Å². The summed E-state index contributed by atoms with van der Waals surface area (Å²) in [4.78, 5) is 14.1. The molecular formula is C20H27N3O3. The molecule has 0 saturated carbocycles. The van der Waals surface area contributed by atoms with E-state index in [1.165, 1.54) is 0 Å². The van der Waals surface area contributed by atoms with Gasteiger partial charge < -0.3 is 10.2 Å². The van der Waals surface area contributed by atoms with Gasteiger partial charge in [0, 0.05) is 31.4 Å². The second kappa shape index (κ2) is 7.60. The van der Waals surface area contributed by atoms with Crippen LogP contribution in [0.2, 0.25) is 0 Å². The summed E-state index contributed by atoms with van der Waals surface area (Å²) in [6, 6.07) is 9.93. The number of carbonyl (C=O) groups is 1. The summed E-state index contributed by atoms with van der Waals surface area (Å²) in [6.07, 6.45) is 2.94. The number of piperidine rings is 1. The third-order valence-corrected chi connectivity index (χ3v) is 5.40. The first-order valence-electron chi connectivity index (χ1n) is 9.20. The predicted molar refractivity (Wildman–Crippen MR) is 99.2 cm³/mol. The van der Waals surface area contributed by atoms with Crippen molar-refractivity contribution in [1.82, 2.24) is 14.7 Å². The lowest BCUT2D eigenvalue weighted by atomic mass is 9.74. The van der Waals surface area contributed by atoms with Crippen LogP contribution in [0.4, 0.5) is 0 Å². The van der Waals surface area contributed by atoms with Crippen LogP contribution in [0.3, 0.4) is 0 Å². The van der Waals surface area contributed by atoms with E-state index < -0.39 is 17.5 Å². The molecule has 1 saturated heterocycles. The van der Waals surface area contributed by atoms with E-state index in [0.29, 0.717) is 32.5 Å². The molecule has 0 bridgehead atoms. The molecule has 6 heteroatoms. The molecule has 1 aromatic heterocycles. The first-order valence-corrected chi connectivity index (χ1v) is 9.20. The molecule has 2 atom stereocenters. The number of aryl methyl sites for hydroxylation is 1. The highest BCUT2D eigenvalue weighted by molar-refractivity contribution is 5.76. The van der Waals surface area contributed by atoms with Gasteiger partial charge in [0.15, 0.2) is 0 Å². The molecule has 0 aliphatic carbocycles. The number of carboxylic acids is 1. The minimum Gasteiger partial charge on any atom is -0.481 e. The fraction of sp³-hybridized carbons (Fsp3) is 0.500. The average molecular weight is 357 g/mol. The van der Waals surface area contributed by atoms with E-state index in [4.69, 9.17) is 0 Å². The maximum absolute atomic E-state index is 11.9. The summed E-state index contributed by atoms with van der Waals surface area (Å²) in [6.45, 7) is 5.64. The van der Waals surface area contributed by atoms with Crippen LogP contribution in [-0.2, 0) is 11.3 Å². The largest absolute Gasteiger partial charge is 0.481 e. The van der Waals surface area contributed by atoms with Crippen molar-refractivity contribution in [1.29, 1.82) is 0 Å².